The van der Waals surface area contributed by atoms with Crippen LogP contribution in [0.15, 0.2) is 34.9 Å². The van der Waals surface area contributed by atoms with Crippen molar-refractivity contribution in [3.8, 4) is 11.3 Å². The van der Waals surface area contributed by atoms with Crippen molar-refractivity contribution < 1.29 is 4.52 Å². The van der Waals surface area contributed by atoms with Gasteiger partial charge in [0.05, 0.1) is 5.69 Å². The van der Waals surface area contributed by atoms with Gasteiger partial charge in [-0.15, -0.1) is 0 Å². The van der Waals surface area contributed by atoms with Gasteiger partial charge in [-0.3, -0.25) is 0 Å². The van der Waals surface area contributed by atoms with Crippen LogP contribution in [0.2, 0.25) is 0 Å². The van der Waals surface area contributed by atoms with Crippen molar-refractivity contribution in [1.82, 2.24) is 5.16 Å². The normalized spacial score (nSPS) is 10.3. The van der Waals surface area contributed by atoms with E-state index in [0.29, 0.717) is 0 Å². The fourth-order valence-electron chi connectivity index (χ4n) is 1.22. The van der Waals surface area contributed by atoms with Crippen LogP contribution in [0.3, 0.4) is 0 Å². The first-order valence-electron chi connectivity index (χ1n) is 4.26. The summed E-state index contributed by atoms with van der Waals surface area (Å²) < 4.78 is 5.14. The molecular weight excluding hydrogens is 162 g/mol. The van der Waals surface area contributed by atoms with Gasteiger partial charge in [0.25, 0.3) is 0 Å². The molecule has 0 atom stereocenters. The molecule has 0 aliphatic heterocycles. The summed E-state index contributed by atoms with van der Waals surface area (Å²) in [7, 11) is 0. The molecule has 0 N–H and O–H groups in total. The second-order valence-corrected chi connectivity index (χ2v) is 3.20. The van der Waals surface area contributed by atoms with Gasteiger partial charge < -0.3 is 4.52 Å². The van der Waals surface area contributed by atoms with Crippen molar-refractivity contribution in [3.63, 3.8) is 0 Å². The molecule has 2 nitrogen and oxygen atoms in total. The molecule has 0 saturated carbocycles. The van der Waals surface area contributed by atoms with Gasteiger partial charge in [0, 0.05) is 11.6 Å². The van der Waals surface area contributed by atoms with Crippen LogP contribution in [0.1, 0.15) is 11.3 Å². The summed E-state index contributed by atoms with van der Waals surface area (Å²) in [5.74, 6) is 0.831. The fourth-order valence-corrected chi connectivity index (χ4v) is 1.22. The van der Waals surface area contributed by atoms with Crippen molar-refractivity contribution >= 4 is 0 Å². The minimum atomic E-state index is 0.831. The Bertz CT molecular complexity index is 400. The molecule has 2 rings (SSSR count). The van der Waals surface area contributed by atoms with E-state index >= 15 is 0 Å². The molecule has 1 aromatic carbocycles. The summed E-state index contributed by atoms with van der Waals surface area (Å²) in [5, 5.41) is 3.84. The molecule has 2 heteroatoms. The second kappa shape index (κ2) is 3.05. The van der Waals surface area contributed by atoms with Crippen LogP contribution < -0.4 is 0 Å². The topological polar surface area (TPSA) is 26.0 Å². The molecule has 66 valence electrons. The first-order chi connectivity index (χ1) is 6.25. The van der Waals surface area contributed by atoms with Gasteiger partial charge in [-0.25, -0.2) is 0 Å². The molecule has 0 bridgehead atoms. The number of nitrogens with zero attached hydrogens (tertiary/aromatic N) is 1. The van der Waals surface area contributed by atoms with E-state index in [1.54, 1.807) is 0 Å². The van der Waals surface area contributed by atoms with E-state index < -0.39 is 0 Å². The van der Waals surface area contributed by atoms with Crippen LogP contribution in [0, 0.1) is 13.8 Å². The largest absolute Gasteiger partial charge is 0.356 e. The zero-order valence-electron chi connectivity index (χ0n) is 7.74. The predicted octanol–water partition coefficient (Wildman–Crippen LogP) is 2.96. The molecular formula is C11H11NO. The molecule has 13 heavy (non-hydrogen) atoms. The zero-order chi connectivity index (χ0) is 9.26. The van der Waals surface area contributed by atoms with E-state index in [1.807, 2.05) is 25.1 Å². The number of hydrogen-bond donors (Lipinski definition) is 0. The first-order valence-corrected chi connectivity index (χ1v) is 4.26. The van der Waals surface area contributed by atoms with Crippen LogP contribution in [-0.4, -0.2) is 5.16 Å². The lowest BCUT2D eigenvalue weighted by atomic mass is 10.1. The summed E-state index contributed by atoms with van der Waals surface area (Å²) in [6.07, 6.45) is 0. The molecule has 2 aromatic rings. The molecule has 0 unspecified atom stereocenters. The molecule has 0 aliphatic carbocycles. The van der Waals surface area contributed by atoms with Crippen molar-refractivity contribution in [3.05, 3.63) is 41.6 Å². The van der Waals surface area contributed by atoms with Crippen LogP contribution >= 0.6 is 0 Å². The Morgan fingerprint density at radius 2 is 1.77 bits per heavy atom. The Labute approximate surface area is 77.2 Å². The Kier molecular flexibility index (Phi) is 1.89. The molecule has 0 fully saturated rings. The molecule has 1 aromatic heterocycles. The molecule has 1 heterocycles. The summed E-state index contributed by atoms with van der Waals surface area (Å²) in [5.41, 5.74) is 3.24. The lowest BCUT2D eigenvalue weighted by Gasteiger charge is -1.94. The summed E-state index contributed by atoms with van der Waals surface area (Å²) in [4.78, 5) is 0. The van der Waals surface area contributed by atoms with E-state index in [2.05, 4.69) is 24.2 Å². The van der Waals surface area contributed by atoms with Gasteiger partial charge in [-0.05, 0) is 13.8 Å². The molecule has 0 saturated heterocycles. The minimum absolute atomic E-state index is 0.831. The number of hydrogen-bond acceptors (Lipinski definition) is 2. The van der Waals surface area contributed by atoms with E-state index in [9.17, 15) is 0 Å². The average Bonchev–Trinajstić information content (AvgIpc) is 2.53. The Hall–Kier alpha value is -1.57. The Morgan fingerprint density at radius 3 is 2.31 bits per heavy atom. The monoisotopic (exact) mass is 173 g/mol. The number of aromatic nitrogens is 1. The third kappa shape index (κ3) is 1.61. The van der Waals surface area contributed by atoms with E-state index in [4.69, 9.17) is 4.52 Å². The van der Waals surface area contributed by atoms with E-state index in [-0.39, 0.29) is 0 Å². The fraction of sp³-hybridized carbons (Fsp3) is 0.182. The molecule has 0 spiro atoms. The van der Waals surface area contributed by atoms with Crippen LogP contribution in [0.5, 0.6) is 0 Å². The lowest BCUT2D eigenvalue weighted by Crippen LogP contribution is -1.74. The van der Waals surface area contributed by atoms with Gasteiger partial charge in [-0.2, -0.15) is 0 Å². The van der Waals surface area contributed by atoms with Gasteiger partial charge >= 0.3 is 0 Å². The Morgan fingerprint density at radius 1 is 1.08 bits per heavy atom. The van der Waals surface area contributed by atoms with Gasteiger partial charge in [0.2, 0.25) is 0 Å². The maximum atomic E-state index is 5.14. The maximum Gasteiger partial charge on any atom is 0.167 e. The van der Waals surface area contributed by atoms with Crippen molar-refractivity contribution in [2.75, 3.05) is 0 Å². The zero-order valence-corrected chi connectivity index (χ0v) is 7.74. The standard InChI is InChI=1S/C11H11NO/c1-8-3-5-10(6-4-8)11-7-9(2)12-13-11/h3-7H,1-2H3. The van der Waals surface area contributed by atoms with Crippen molar-refractivity contribution in [2.24, 2.45) is 0 Å². The van der Waals surface area contributed by atoms with Gasteiger partial charge in [0.15, 0.2) is 5.76 Å². The lowest BCUT2D eigenvalue weighted by molar-refractivity contribution is 0.427. The molecule has 0 radical (unpaired) electrons. The van der Waals surface area contributed by atoms with Crippen LogP contribution in [0.4, 0.5) is 0 Å². The number of benzene rings is 1. The Balaban J connectivity index is 2.41. The van der Waals surface area contributed by atoms with E-state index in [0.717, 1.165) is 17.0 Å². The summed E-state index contributed by atoms with van der Waals surface area (Å²) in [6.45, 7) is 3.98. The highest BCUT2D eigenvalue weighted by atomic mass is 16.5. The first kappa shape index (κ1) is 8.05. The average molecular weight is 173 g/mol. The van der Waals surface area contributed by atoms with Crippen LogP contribution in [0.25, 0.3) is 11.3 Å². The SMILES string of the molecule is Cc1ccc(-c2cc(C)no2)cc1. The second-order valence-electron chi connectivity index (χ2n) is 3.20. The molecule has 0 amide bonds. The third-order valence-corrected chi connectivity index (χ3v) is 1.96. The van der Waals surface area contributed by atoms with E-state index in [1.165, 1.54) is 5.56 Å². The molecule has 0 aliphatic rings. The number of aryl methyl sites for hydroxylation is 2. The minimum Gasteiger partial charge on any atom is -0.356 e. The summed E-state index contributed by atoms with van der Waals surface area (Å²) >= 11 is 0. The van der Waals surface area contributed by atoms with Gasteiger partial charge in [-0.1, -0.05) is 35.0 Å². The summed E-state index contributed by atoms with van der Waals surface area (Å²) in [6, 6.07) is 10.1. The maximum absolute atomic E-state index is 5.14. The van der Waals surface area contributed by atoms with Crippen molar-refractivity contribution in [1.29, 1.82) is 0 Å². The highest BCUT2D eigenvalue weighted by Gasteiger charge is 2.02. The van der Waals surface area contributed by atoms with Gasteiger partial charge in [0.1, 0.15) is 0 Å². The van der Waals surface area contributed by atoms with Crippen LogP contribution in [-0.2, 0) is 0 Å². The third-order valence-electron chi connectivity index (χ3n) is 1.96. The smallest absolute Gasteiger partial charge is 0.167 e. The highest BCUT2D eigenvalue weighted by Crippen LogP contribution is 2.19. The highest BCUT2D eigenvalue weighted by molar-refractivity contribution is 5.57. The predicted molar refractivity (Wildman–Crippen MR) is 51.4 cm³/mol. The quantitative estimate of drug-likeness (QED) is 0.662. The number of rotatable bonds is 1. The van der Waals surface area contributed by atoms with Crippen molar-refractivity contribution in [2.45, 2.75) is 13.8 Å².